The van der Waals surface area contributed by atoms with Crippen molar-refractivity contribution in [3.63, 3.8) is 0 Å². The van der Waals surface area contributed by atoms with E-state index >= 15 is 0 Å². The Morgan fingerprint density at radius 2 is 1.42 bits per heavy atom. The van der Waals surface area contributed by atoms with Crippen LogP contribution in [-0.4, -0.2) is 65.7 Å². The Kier molecular flexibility index (Phi) is 14.0. The van der Waals surface area contributed by atoms with Gasteiger partial charge in [-0.25, -0.2) is 4.79 Å². The van der Waals surface area contributed by atoms with E-state index in [1.807, 2.05) is 27.7 Å². The van der Waals surface area contributed by atoms with Crippen LogP contribution >= 0.6 is 0 Å². The fraction of sp³-hybridized carbons (Fsp3) is 0.848. The van der Waals surface area contributed by atoms with Crippen LogP contribution in [0.2, 0.25) is 0 Å². The van der Waals surface area contributed by atoms with Crippen molar-refractivity contribution in [3.05, 3.63) is 0 Å². The number of unbranched alkanes of at least 4 members (excludes halogenated alkanes) is 9. The summed E-state index contributed by atoms with van der Waals surface area (Å²) in [5, 5.41) is 8.51. The van der Waals surface area contributed by atoms with Crippen LogP contribution in [-0.2, 0) is 19.2 Å². The zero-order valence-corrected chi connectivity index (χ0v) is 27.9. The minimum atomic E-state index is -1.09. The molecule has 1 aliphatic heterocycles. The van der Waals surface area contributed by atoms with Gasteiger partial charge in [-0.1, -0.05) is 113 Å². The van der Waals surface area contributed by atoms with Crippen LogP contribution in [0.4, 0.5) is 4.79 Å². The first-order valence-corrected chi connectivity index (χ1v) is 16.7. The van der Waals surface area contributed by atoms with Crippen molar-refractivity contribution >= 4 is 29.5 Å². The molecule has 1 saturated heterocycles. The van der Waals surface area contributed by atoms with Gasteiger partial charge in [-0.05, 0) is 35.5 Å². The number of amides is 5. The minimum absolute atomic E-state index is 0.0757. The van der Waals surface area contributed by atoms with Crippen LogP contribution in [0.15, 0.2) is 0 Å². The Labute approximate surface area is 259 Å². The summed E-state index contributed by atoms with van der Waals surface area (Å²) in [4.78, 5) is 66.0. The summed E-state index contributed by atoms with van der Waals surface area (Å²) < 4.78 is 0. The summed E-state index contributed by atoms with van der Waals surface area (Å²) in [6, 6.07) is -3.07. The SMILES string of the molecule is CCCCCCCCCCCCNC(=O)N[C@H](C(=O)N1C[C@H]2[C@@H]([C@H]1C(=O)NC(CCC)C(=O)C(N)=O)C2(C)C)C(C)(C)C. The third kappa shape index (κ3) is 10.2. The third-order valence-corrected chi connectivity index (χ3v) is 9.42. The van der Waals surface area contributed by atoms with E-state index in [4.69, 9.17) is 5.73 Å². The number of likely N-dealkylation sites (tertiary alicyclic amines) is 1. The average Bonchev–Trinajstić information content (AvgIpc) is 3.24. The molecule has 0 aromatic carbocycles. The van der Waals surface area contributed by atoms with E-state index in [2.05, 4.69) is 36.7 Å². The molecule has 1 heterocycles. The summed E-state index contributed by atoms with van der Waals surface area (Å²) in [6.45, 7) is 14.8. The summed E-state index contributed by atoms with van der Waals surface area (Å²) in [7, 11) is 0. The third-order valence-electron chi connectivity index (χ3n) is 9.42. The predicted molar refractivity (Wildman–Crippen MR) is 169 cm³/mol. The van der Waals surface area contributed by atoms with E-state index in [0.29, 0.717) is 19.5 Å². The number of urea groups is 1. The van der Waals surface area contributed by atoms with E-state index < -0.39 is 47.2 Å². The van der Waals surface area contributed by atoms with Crippen LogP contribution in [0.3, 0.4) is 0 Å². The molecule has 10 nitrogen and oxygen atoms in total. The van der Waals surface area contributed by atoms with Gasteiger partial charge in [-0.3, -0.25) is 19.2 Å². The molecule has 0 bridgehead atoms. The van der Waals surface area contributed by atoms with Crippen LogP contribution in [0.25, 0.3) is 0 Å². The standard InChI is InChI=1S/C33H59N5O5/c1-8-10-11-12-13-14-15-16-17-18-20-35-31(43)37-27(32(3,4)5)30(42)38-21-22-24(33(22,6)7)25(38)29(41)36-23(19-9-2)26(39)28(34)40/h22-25,27H,8-21H2,1-7H3,(H2,34,40)(H,36,41)(H2,35,37,43)/t22-,23?,24-,25-,27+/m0/s1. The minimum Gasteiger partial charge on any atom is -0.363 e. The number of Topliss-reactive ketones (excluding diaryl/α,β-unsaturated/α-hetero) is 1. The lowest BCUT2D eigenvalue weighted by Crippen LogP contribution is -2.61. The Morgan fingerprint density at radius 3 is 1.93 bits per heavy atom. The summed E-state index contributed by atoms with van der Waals surface area (Å²) in [6.07, 6.45) is 13.0. The van der Waals surface area contributed by atoms with Gasteiger partial charge in [-0.2, -0.15) is 0 Å². The van der Waals surface area contributed by atoms with Crippen molar-refractivity contribution in [2.24, 2.45) is 28.4 Å². The normalized spacial score (nSPS) is 21.8. The lowest BCUT2D eigenvalue weighted by molar-refractivity contribution is -0.145. The molecule has 1 unspecified atom stereocenters. The number of nitrogens with zero attached hydrogens (tertiary/aromatic N) is 1. The second kappa shape index (κ2) is 16.4. The average molecular weight is 606 g/mol. The van der Waals surface area contributed by atoms with Crippen molar-refractivity contribution in [1.29, 1.82) is 0 Å². The summed E-state index contributed by atoms with van der Waals surface area (Å²) in [5.41, 5.74) is 4.48. The highest BCUT2D eigenvalue weighted by molar-refractivity contribution is 6.37. The van der Waals surface area contributed by atoms with Crippen molar-refractivity contribution in [3.8, 4) is 0 Å². The monoisotopic (exact) mass is 605 g/mol. The van der Waals surface area contributed by atoms with Crippen molar-refractivity contribution in [2.45, 2.75) is 144 Å². The molecule has 2 rings (SSSR count). The number of nitrogens with two attached hydrogens (primary N) is 1. The van der Waals surface area contributed by atoms with Gasteiger partial charge in [0.2, 0.25) is 17.6 Å². The Morgan fingerprint density at radius 1 is 0.860 bits per heavy atom. The second-order valence-corrected chi connectivity index (χ2v) is 14.3. The van der Waals surface area contributed by atoms with Gasteiger partial charge in [-0.15, -0.1) is 0 Å². The topological polar surface area (TPSA) is 151 Å². The van der Waals surface area contributed by atoms with Crippen LogP contribution in [0.1, 0.15) is 126 Å². The fourth-order valence-corrected chi connectivity index (χ4v) is 6.61. The first-order valence-electron chi connectivity index (χ1n) is 16.7. The molecule has 5 N–H and O–H groups in total. The molecule has 2 aliphatic rings. The molecule has 0 aromatic heterocycles. The van der Waals surface area contributed by atoms with Gasteiger partial charge in [0.25, 0.3) is 5.91 Å². The van der Waals surface area contributed by atoms with Gasteiger partial charge in [0, 0.05) is 13.1 Å². The number of hydrogen-bond acceptors (Lipinski definition) is 5. The van der Waals surface area contributed by atoms with E-state index in [1.165, 1.54) is 44.9 Å². The number of carbonyl (C=O) groups is 5. The van der Waals surface area contributed by atoms with Gasteiger partial charge in [0.15, 0.2) is 0 Å². The highest BCUT2D eigenvalue weighted by atomic mass is 16.2. The molecule has 5 atom stereocenters. The number of nitrogens with one attached hydrogen (secondary N) is 3. The predicted octanol–water partition coefficient (Wildman–Crippen LogP) is 4.44. The molecule has 10 heteroatoms. The van der Waals surface area contributed by atoms with E-state index in [0.717, 1.165) is 19.3 Å². The zero-order chi connectivity index (χ0) is 32.4. The molecule has 0 radical (unpaired) electrons. The Bertz CT molecular complexity index is 975. The first-order chi connectivity index (χ1) is 20.2. The Balaban J connectivity index is 1.97. The van der Waals surface area contributed by atoms with Crippen LogP contribution in [0.5, 0.6) is 0 Å². The molecule has 0 spiro atoms. The zero-order valence-electron chi connectivity index (χ0n) is 27.9. The number of hydrogen-bond donors (Lipinski definition) is 4. The molecule has 5 amide bonds. The van der Waals surface area contributed by atoms with Crippen molar-refractivity contribution in [1.82, 2.24) is 20.9 Å². The Hall–Kier alpha value is -2.65. The smallest absolute Gasteiger partial charge is 0.315 e. The quantitative estimate of drug-likeness (QED) is 0.127. The maximum Gasteiger partial charge on any atom is 0.315 e. The van der Waals surface area contributed by atoms with Gasteiger partial charge < -0.3 is 26.6 Å². The van der Waals surface area contributed by atoms with Gasteiger partial charge >= 0.3 is 6.03 Å². The number of piperidine rings is 1. The van der Waals surface area contributed by atoms with Gasteiger partial charge in [0.05, 0.1) is 6.04 Å². The van der Waals surface area contributed by atoms with Crippen molar-refractivity contribution < 1.29 is 24.0 Å². The molecule has 0 aromatic rings. The lowest BCUT2D eigenvalue weighted by atomic mass is 9.85. The number of primary amides is 1. The molecule has 1 saturated carbocycles. The fourth-order valence-electron chi connectivity index (χ4n) is 6.61. The van der Waals surface area contributed by atoms with Crippen LogP contribution in [0, 0.1) is 22.7 Å². The first kappa shape index (κ1) is 36.5. The molecular weight excluding hydrogens is 546 g/mol. The molecule has 1 aliphatic carbocycles. The van der Waals surface area contributed by atoms with Gasteiger partial charge in [0.1, 0.15) is 12.1 Å². The van der Waals surface area contributed by atoms with E-state index in [1.54, 1.807) is 4.90 Å². The number of fused-ring (bicyclic) bond motifs is 1. The summed E-state index contributed by atoms with van der Waals surface area (Å²) >= 11 is 0. The molecular formula is C33H59N5O5. The second-order valence-electron chi connectivity index (χ2n) is 14.3. The van der Waals surface area contributed by atoms with E-state index in [-0.39, 0.29) is 29.6 Å². The maximum atomic E-state index is 14.0. The van der Waals surface area contributed by atoms with Crippen LogP contribution < -0.4 is 21.7 Å². The highest BCUT2D eigenvalue weighted by Gasteiger charge is 2.69. The maximum absolute atomic E-state index is 14.0. The molecule has 246 valence electrons. The number of carbonyl (C=O) groups excluding carboxylic acids is 5. The lowest BCUT2D eigenvalue weighted by Gasteiger charge is -2.37. The number of ketones is 1. The summed E-state index contributed by atoms with van der Waals surface area (Å²) in [5.74, 6) is -2.66. The molecule has 43 heavy (non-hydrogen) atoms. The van der Waals surface area contributed by atoms with Crippen molar-refractivity contribution in [2.75, 3.05) is 13.1 Å². The van der Waals surface area contributed by atoms with E-state index in [9.17, 15) is 24.0 Å². The number of rotatable bonds is 19. The highest BCUT2D eigenvalue weighted by Crippen LogP contribution is 2.65. The molecule has 2 fully saturated rings. The largest absolute Gasteiger partial charge is 0.363 e.